The van der Waals surface area contributed by atoms with E-state index in [0.717, 1.165) is 29.7 Å². The Morgan fingerprint density at radius 2 is 2.26 bits per heavy atom. The largest absolute Gasteiger partial charge is 0.388 e. The second kappa shape index (κ2) is 4.94. The van der Waals surface area contributed by atoms with Crippen molar-refractivity contribution in [3.8, 4) is 0 Å². The van der Waals surface area contributed by atoms with Crippen molar-refractivity contribution < 1.29 is 14.6 Å². The number of fused-ring (bicyclic) bond motifs is 1. The van der Waals surface area contributed by atoms with Gasteiger partial charge in [-0.05, 0) is 32.3 Å². The van der Waals surface area contributed by atoms with Crippen molar-refractivity contribution in [1.29, 1.82) is 0 Å². The van der Waals surface area contributed by atoms with Gasteiger partial charge in [-0.3, -0.25) is 4.79 Å². The second-order valence-corrected chi connectivity index (χ2v) is 5.36. The van der Waals surface area contributed by atoms with Crippen molar-refractivity contribution >= 4 is 11.6 Å². The van der Waals surface area contributed by atoms with Crippen LogP contribution >= 0.6 is 0 Å². The summed E-state index contributed by atoms with van der Waals surface area (Å²) in [4.78, 5) is 14.2. The highest BCUT2D eigenvalue weighted by Crippen LogP contribution is 2.35. The van der Waals surface area contributed by atoms with E-state index in [1.54, 1.807) is 4.90 Å². The van der Waals surface area contributed by atoms with Crippen LogP contribution in [0.2, 0.25) is 0 Å². The Bertz CT molecular complexity index is 494. The van der Waals surface area contributed by atoms with Crippen LogP contribution in [0.15, 0.2) is 18.2 Å². The summed E-state index contributed by atoms with van der Waals surface area (Å²) in [5.74, 6) is 0.0366. The highest BCUT2D eigenvalue weighted by Gasteiger charge is 2.33. The van der Waals surface area contributed by atoms with Crippen molar-refractivity contribution in [2.75, 3.05) is 18.1 Å². The van der Waals surface area contributed by atoms with Crippen LogP contribution in [-0.4, -0.2) is 30.3 Å². The van der Waals surface area contributed by atoms with Gasteiger partial charge in [0.1, 0.15) is 6.10 Å². The highest BCUT2D eigenvalue weighted by molar-refractivity contribution is 5.97. The molecule has 3 rings (SSSR count). The molecule has 0 saturated carbocycles. The minimum atomic E-state index is -0.469. The summed E-state index contributed by atoms with van der Waals surface area (Å²) < 4.78 is 5.48. The second-order valence-electron chi connectivity index (χ2n) is 5.36. The molecule has 1 aromatic carbocycles. The van der Waals surface area contributed by atoms with Crippen molar-refractivity contribution in [2.24, 2.45) is 0 Å². The average molecular weight is 261 g/mol. The van der Waals surface area contributed by atoms with Gasteiger partial charge < -0.3 is 14.7 Å². The topological polar surface area (TPSA) is 49.8 Å². The number of hydrogen-bond donors (Lipinski definition) is 1. The van der Waals surface area contributed by atoms with Crippen LogP contribution in [0.1, 0.15) is 36.5 Å². The maximum Gasteiger partial charge on any atom is 0.256 e. The molecule has 0 aromatic heterocycles. The van der Waals surface area contributed by atoms with Crippen molar-refractivity contribution in [3.63, 3.8) is 0 Å². The summed E-state index contributed by atoms with van der Waals surface area (Å²) in [5, 5.41) is 10.1. The van der Waals surface area contributed by atoms with E-state index in [2.05, 4.69) is 0 Å². The lowest BCUT2D eigenvalue weighted by molar-refractivity contribution is -0.127. The summed E-state index contributed by atoms with van der Waals surface area (Å²) >= 11 is 0. The first-order chi connectivity index (χ1) is 9.16. The molecule has 0 spiro atoms. The van der Waals surface area contributed by atoms with E-state index in [9.17, 15) is 9.90 Å². The number of carbonyl (C=O) groups is 1. The molecule has 1 amide bonds. The Labute approximate surface area is 113 Å². The molecule has 0 aliphatic carbocycles. The van der Waals surface area contributed by atoms with E-state index in [-0.39, 0.29) is 12.0 Å². The lowest BCUT2D eigenvalue weighted by atomic mass is 9.96. The van der Waals surface area contributed by atoms with Crippen molar-refractivity contribution in [1.82, 2.24) is 0 Å². The van der Waals surface area contributed by atoms with Gasteiger partial charge in [0.2, 0.25) is 0 Å². The average Bonchev–Trinajstić information content (AvgIpc) is 2.93. The van der Waals surface area contributed by atoms with E-state index in [1.165, 1.54) is 0 Å². The Balaban J connectivity index is 1.92. The number of nitrogens with zero attached hydrogens (tertiary/aromatic N) is 1. The first-order valence-electron chi connectivity index (χ1n) is 6.88. The fourth-order valence-electron chi connectivity index (χ4n) is 2.89. The molecule has 19 heavy (non-hydrogen) atoms. The maximum atomic E-state index is 12.5. The fourth-order valence-corrected chi connectivity index (χ4v) is 2.89. The molecule has 4 nitrogen and oxygen atoms in total. The Kier molecular flexibility index (Phi) is 3.29. The number of rotatable bonds is 1. The zero-order valence-electron chi connectivity index (χ0n) is 11.1. The number of aliphatic hydroxyl groups excluding tert-OH is 1. The smallest absolute Gasteiger partial charge is 0.256 e. The predicted molar refractivity (Wildman–Crippen MR) is 72.1 cm³/mol. The number of ether oxygens (including phenoxy) is 1. The number of aliphatic hydroxyl groups is 1. The Morgan fingerprint density at radius 1 is 1.42 bits per heavy atom. The Morgan fingerprint density at radius 3 is 3.00 bits per heavy atom. The molecule has 1 aromatic rings. The quantitative estimate of drug-likeness (QED) is 0.840. The van der Waals surface area contributed by atoms with Gasteiger partial charge in [-0.25, -0.2) is 0 Å². The molecule has 0 bridgehead atoms. The van der Waals surface area contributed by atoms with Gasteiger partial charge >= 0.3 is 0 Å². The third-order valence-electron chi connectivity index (χ3n) is 3.93. The van der Waals surface area contributed by atoms with Gasteiger partial charge in [-0.1, -0.05) is 17.7 Å². The lowest BCUT2D eigenvalue weighted by Gasteiger charge is -2.33. The van der Waals surface area contributed by atoms with Crippen LogP contribution < -0.4 is 4.90 Å². The van der Waals surface area contributed by atoms with Crippen molar-refractivity contribution in [3.05, 3.63) is 29.3 Å². The standard InChI is InChI=1S/C15H19NO3/c1-10-4-5-12-11(9-10)13(17)6-7-16(12)15(18)14-3-2-8-19-14/h4-5,9,13-14,17H,2-3,6-8H2,1H3. The van der Waals surface area contributed by atoms with Crippen molar-refractivity contribution in [2.45, 2.75) is 38.4 Å². The fraction of sp³-hybridized carbons (Fsp3) is 0.533. The Hall–Kier alpha value is -1.39. The summed E-state index contributed by atoms with van der Waals surface area (Å²) in [6, 6.07) is 5.88. The van der Waals surface area contributed by atoms with Gasteiger partial charge in [-0.2, -0.15) is 0 Å². The number of anilines is 1. The zero-order chi connectivity index (χ0) is 13.4. The number of hydrogen-bond acceptors (Lipinski definition) is 3. The maximum absolute atomic E-state index is 12.5. The van der Waals surface area contributed by atoms with Crippen LogP contribution in [-0.2, 0) is 9.53 Å². The molecule has 102 valence electrons. The molecular formula is C15H19NO3. The molecule has 1 saturated heterocycles. The first-order valence-corrected chi connectivity index (χ1v) is 6.88. The SMILES string of the molecule is Cc1ccc2c(c1)C(O)CCN2C(=O)C1CCCO1. The third kappa shape index (κ3) is 2.26. The number of aryl methyl sites for hydroxylation is 1. The lowest BCUT2D eigenvalue weighted by Crippen LogP contribution is -2.42. The summed E-state index contributed by atoms with van der Waals surface area (Å²) in [5.41, 5.74) is 2.80. The van der Waals surface area contributed by atoms with E-state index < -0.39 is 6.10 Å². The molecule has 2 unspecified atom stereocenters. The van der Waals surface area contributed by atoms with Crippen LogP contribution in [0.5, 0.6) is 0 Å². The van der Waals surface area contributed by atoms with Crippen LogP contribution in [0.25, 0.3) is 0 Å². The van der Waals surface area contributed by atoms with Crippen LogP contribution in [0.3, 0.4) is 0 Å². The first kappa shape index (κ1) is 12.6. The minimum Gasteiger partial charge on any atom is -0.388 e. The predicted octanol–water partition coefficient (Wildman–Crippen LogP) is 1.94. The van der Waals surface area contributed by atoms with Crippen LogP contribution in [0, 0.1) is 6.92 Å². The van der Waals surface area contributed by atoms with Gasteiger partial charge in [-0.15, -0.1) is 0 Å². The van der Waals surface area contributed by atoms with E-state index >= 15 is 0 Å². The van der Waals surface area contributed by atoms with E-state index in [4.69, 9.17) is 4.74 Å². The number of benzene rings is 1. The van der Waals surface area contributed by atoms with E-state index in [0.29, 0.717) is 19.6 Å². The molecule has 1 fully saturated rings. The van der Waals surface area contributed by atoms with Gasteiger partial charge in [0, 0.05) is 24.4 Å². The minimum absolute atomic E-state index is 0.0366. The molecule has 4 heteroatoms. The summed E-state index contributed by atoms with van der Waals surface area (Å²) in [6.07, 6.45) is 1.58. The highest BCUT2D eigenvalue weighted by atomic mass is 16.5. The van der Waals surface area contributed by atoms with Gasteiger partial charge in [0.05, 0.1) is 6.10 Å². The number of carbonyl (C=O) groups excluding carboxylic acids is 1. The summed E-state index contributed by atoms with van der Waals surface area (Å²) in [6.45, 7) is 3.23. The molecule has 2 aliphatic rings. The normalized spacial score (nSPS) is 26.3. The molecule has 2 aliphatic heterocycles. The van der Waals surface area contributed by atoms with Gasteiger partial charge in [0.25, 0.3) is 5.91 Å². The molecule has 0 radical (unpaired) electrons. The third-order valence-corrected chi connectivity index (χ3v) is 3.93. The molecule has 1 N–H and O–H groups in total. The van der Waals surface area contributed by atoms with Gasteiger partial charge in [0.15, 0.2) is 0 Å². The van der Waals surface area contributed by atoms with E-state index in [1.807, 2.05) is 25.1 Å². The summed E-state index contributed by atoms with van der Waals surface area (Å²) in [7, 11) is 0. The number of amides is 1. The molecule has 2 atom stereocenters. The molecular weight excluding hydrogens is 242 g/mol. The zero-order valence-corrected chi connectivity index (χ0v) is 11.1. The monoisotopic (exact) mass is 261 g/mol. The van der Waals surface area contributed by atoms with Crippen LogP contribution in [0.4, 0.5) is 5.69 Å². The molecule has 2 heterocycles.